The summed E-state index contributed by atoms with van der Waals surface area (Å²) in [6.07, 6.45) is 0.994. The SMILES string of the molecule is CN(C(=O)Nc1ccccc1)C1CCN(c2ccccc2)C1. The molecule has 22 heavy (non-hydrogen) atoms. The first-order valence-electron chi connectivity index (χ1n) is 7.63. The zero-order valence-corrected chi connectivity index (χ0v) is 12.8. The molecule has 4 nitrogen and oxygen atoms in total. The molecule has 1 atom stereocenters. The number of nitrogens with one attached hydrogen (secondary N) is 1. The molecule has 0 bridgehead atoms. The first-order valence-corrected chi connectivity index (χ1v) is 7.63. The van der Waals surface area contributed by atoms with Gasteiger partial charge < -0.3 is 15.1 Å². The lowest BCUT2D eigenvalue weighted by Gasteiger charge is -2.25. The van der Waals surface area contributed by atoms with Crippen LogP contribution in [0.15, 0.2) is 60.7 Å². The molecule has 1 heterocycles. The zero-order valence-electron chi connectivity index (χ0n) is 12.8. The third-order valence-corrected chi connectivity index (χ3v) is 4.18. The molecule has 1 aliphatic rings. The van der Waals surface area contributed by atoms with Crippen molar-refractivity contribution in [3.05, 3.63) is 60.7 Å². The number of amides is 2. The lowest BCUT2D eigenvalue weighted by molar-refractivity contribution is 0.208. The van der Waals surface area contributed by atoms with Crippen LogP contribution in [0.4, 0.5) is 16.2 Å². The zero-order chi connectivity index (χ0) is 15.4. The van der Waals surface area contributed by atoms with Gasteiger partial charge in [0, 0.05) is 31.5 Å². The molecule has 3 rings (SSSR count). The molecule has 0 radical (unpaired) electrons. The topological polar surface area (TPSA) is 35.6 Å². The van der Waals surface area contributed by atoms with Gasteiger partial charge in [0.15, 0.2) is 0 Å². The van der Waals surface area contributed by atoms with E-state index in [4.69, 9.17) is 0 Å². The van der Waals surface area contributed by atoms with E-state index in [1.165, 1.54) is 5.69 Å². The fraction of sp³-hybridized carbons (Fsp3) is 0.278. The third-order valence-electron chi connectivity index (χ3n) is 4.18. The van der Waals surface area contributed by atoms with Gasteiger partial charge >= 0.3 is 6.03 Å². The number of rotatable bonds is 3. The number of nitrogens with zero attached hydrogens (tertiary/aromatic N) is 2. The van der Waals surface area contributed by atoms with Crippen LogP contribution in [-0.2, 0) is 0 Å². The summed E-state index contributed by atoms with van der Waals surface area (Å²) in [5.41, 5.74) is 2.05. The van der Waals surface area contributed by atoms with Gasteiger partial charge in [0.25, 0.3) is 0 Å². The molecule has 0 saturated carbocycles. The second-order valence-electron chi connectivity index (χ2n) is 5.63. The lowest BCUT2D eigenvalue weighted by atomic mass is 10.2. The van der Waals surface area contributed by atoms with E-state index < -0.39 is 0 Å². The minimum atomic E-state index is -0.0499. The molecule has 2 aromatic rings. The van der Waals surface area contributed by atoms with Gasteiger partial charge in [-0.1, -0.05) is 36.4 Å². The van der Waals surface area contributed by atoms with Crippen LogP contribution in [0, 0.1) is 0 Å². The smallest absolute Gasteiger partial charge is 0.321 e. The summed E-state index contributed by atoms with van der Waals surface area (Å²) in [4.78, 5) is 16.5. The summed E-state index contributed by atoms with van der Waals surface area (Å²) in [6, 6.07) is 20.1. The molecule has 0 aliphatic carbocycles. The lowest BCUT2D eigenvalue weighted by Crippen LogP contribution is -2.41. The van der Waals surface area contributed by atoms with Crippen molar-refractivity contribution < 1.29 is 4.79 Å². The molecule has 0 spiro atoms. The number of hydrogen-bond donors (Lipinski definition) is 1. The molecule has 1 aliphatic heterocycles. The van der Waals surface area contributed by atoms with Crippen LogP contribution < -0.4 is 10.2 Å². The molecule has 1 N–H and O–H groups in total. The molecule has 4 heteroatoms. The standard InChI is InChI=1S/C18H21N3O/c1-20(18(22)19-15-8-4-2-5-9-15)17-12-13-21(14-17)16-10-6-3-7-11-16/h2-11,17H,12-14H2,1H3,(H,19,22). The number of para-hydroxylation sites is 2. The van der Waals surface area contributed by atoms with E-state index in [1.807, 2.05) is 48.3 Å². The molecular weight excluding hydrogens is 274 g/mol. The van der Waals surface area contributed by atoms with Gasteiger partial charge in [0.2, 0.25) is 0 Å². The van der Waals surface area contributed by atoms with E-state index in [2.05, 4.69) is 34.5 Å². The van der Waals surface area contributed by atoms with Gasteiger partial charge in [-0.3, -0.25) is 0 Å². The third kappa shape index (κ3) is 3.22. The quantitative estimate of drug-likeness (QED) is 0.941. The maximum absolute atomic E-state index is 12.3. The van der Waals surface area contributed by atoms with Crippen molar-refractivity contribution in [1.29, 1.82) is 0 Å². The summed E-state index contributed by atoms with van der Waals surface area (Å²) < 4.78 is 0. The first kappa shape index (κ1) is 14.4. The highest BCUT2D eigenvalue weighted by atomic mass is 16.2. The van der Waals surface area contributed by atoms with Crippen LogP contribution in [0.1, 0.15) is 6.42 Å². The number of carbonyl (C=O) groups is 1. The predicted molar refractivity (Wildman–Crippen MR) is 90.3 cm³/mol. The van der Waals surface area contributed by atoms with Crippen molar-refractivity contribution in [2.75, 3.05) is 30.4 Å². The van der Waals surface area contributed by atoms with Crippen LogP contribution in [-0.4, -0.2) is 37.1 Å². The van der Waals surface area contributed by atoms with Crippen molar-refractivity contribution in [2.45, 2.75) is 12.5 Å². The van der Waals surface area contributed by atoms with E-state index in [0.717, 1.165) is 25.2 Å². The number of hydrogen-bond acceptors (Lipinski definition) is 2. The predicted octanol–water partition coefficient (Wildman–Crippen LogP) is 3.43. The maximum atomic E-state index is 12.3. The summed E-state index contributed by atoms with van der Waals surface area (Å²) in [6.45, 7) is 1.86. The summed E-state index contributed by atoms with van der Waals surface area (Å²) in [7, 11) is 1.87. The Kier molecular flexibility index (Phi) is 4.28. The molecule has 2 aromatic carbocycles. The van der Waals surface area contributed by atoms with E-state index in [9.17, 15) is 4.79 Å². The highest BCUT2D eigenvalue weighted by Crippen LogP contribution is 2.22. The van der Waals surface area contributed by atoms with E-state index in [0.29, 0.717) is 0 Å². The Labute approximate surface area is 131 Å². The van der Waals surface area contributed by atoms with Gasteiger partial charge in [0.1, 0.15) is 0 Å². The Bertz CT molecular complexity index is 615. The number of urea groups is 1. The molecule has 1 saturated heterocycles. The number of anilines is 2. The number of carbonyl (C=O) groups excluding carboxylic acids is 1. The van der Waals surface area contributed by atoms with Gasteiger partial charge in [-0.2, -0.15) is 0 Å². The van der Waals surface area contributed by atoms with Crippen molar-refractivity contribution >= 4 is 17.4 Å². The Balaban J connectivity index is 1.59. The summed E-state index contributed by atoms with van der Waals surface area (Å²) in [5.74, 6) is 0. The average molecular weight is 295 g/mol. The van der Waals surface area contributed by atoms with Gasteiger partial charge in [-0.25, -0.2) is 4.79 Å². The monoisotopic (exact) mass is 295 g/mol. The fourth-order valence-electron chi connectivity index (χ4n) is 2.83. The highest BCUT2D eigenvalue weighted by molar-refractivity contribution is 5.89. The molecule has 1 fully saturated rings. The van der Waals surface area contributed by atoms with Crippen LogP contribution in [0.5, 0.6) is 0 Å². The minimum absolute atomic E-state index is 0.0499. The van der Waals surface area contributed by atoms with Crippen LogP contribution >= 0.6 is 0 Å². The molecule has 114 valence electrons. The summed E-state index contributed by atoms with van der Waals surface area (Å²) in [5, 5.41) is 2.94. The molecule has 0 aromatic heterocycles. The van der Waals surface area contributed by atoms with E-state index >= 15 is 0 Å². The average Bonchev–Trinajstić information content (AvgIpc) is 3.06. The Morgan fingerprint density at radius 2 is 1.73 bits per heavy atom. The maximum Gasteiger partial charge on any atom is 0.321 e. The van der Waals surface area contributed by atoms with Crippen molar-refractivity contribution in [3.8, 4) is 0 Å². The normalized spacial score (nSPS) is 17.3. The number of likely N-dealkylation sites (N-methyl/N-ethyl adjacent to an activating group) is 1. The van der Waals surface area contributed by atoms with E-state index in [1.54, 1.807) is 0 Å². The summed E-state index contributed by atoms with van der Waals surface area (Å²) >= 11 is 0. The van der Waals surface area contributed by atoms with Crippen LogP contribution in [0.3, 0.4) is 0 Å². The molecule has 2 amide bonds. The highest BCUT2D eigenvalue weighted by Gasteiger charge is 2.28. The fourth-order valence-corrected chi connectivity index (χ4v) is 2.83. The minimum Gasteiger partial charge on any atom is -0.369 e. The molecule has 1 unspecified atom stereocenters. The van der Waals surface area contributed by atoms with Crippen molar-refractivity contribution in [3.63, 3.8) is 0 Å². The van der Waals surface area contributed by atoms with Gasteiger partial charge in [0.05, 0.1) is 6.04 Å². The largest absolute Gasteiger partial charge is 0.369 e. The second kappa shape index (κ2) is 6.52. The Morgan fingerprint density at radius 3 is 2.41 bits per heavy atom. The number of benzene rings is 2. The van der Waals surface area contributed by atoms with Crippen molar-refractivity contribution in [2.24, 2.45) is 0 Å². The van der Waals surface area contributed by atoms with Crippen LogP contribution in [0.2, 0.25) is 0 Å². The first-order chi connectivity index (χ1) is 10.7. The van der Waals surface area contributed by atoms with Gasteiger partial charge in [-0.15, -0.1) is 0 Å². The second-order valence-corrected chi connectivity index (χ2v) is 5.63. The van der Waals surface area contributed by atoms with Crippen molar-refractivity contribution in [1.82, 2.24) is 4.90 Å². The molecular formula is C18H21N3O. The van der Waals surface area contributed by atoms with Gasteiger partial charge in [-0.05, 0) is 30.7 Å². The Morgan fingerprint density at radius 1 is 1.09 bits per heavy atom. The van der Waals surface area contributed by atoms with E-state index in [-0.39, 0.29) is 12.1 Å². The Hall–Kier alpha value is -2.49. The van der Waals surface area contributed by atoms with Crippen LogP contribution in [0.25, 0.3) is 0 Å².